The van der Waals surface area contributed by atoms with Crippen molar-refractivity contribution in [3.05, 3.63) is 35.4 Å². The summed E-state index contributed by atoms with van der Waals surface area (Å²) in [5.41, 5.74) is 6.69. The molecule has 0 aliphatic rings. The van der Waals surface area contributed by atoms with Crippen molar-refractivity contribution in [2.75, 3.05) is 5.73 Å². The van der Waals surface area contributed by atoms with Crippen molar-refractivity contribution in [1.82, 2.24) is 15.1 Å². The zero-order chi connectivity index (χ0) is 13.1. The molecule has 0 unspecified atom stereocenters. The van der Waals surface area contributed by atoms with Crippen LogP contribution in [0.15, 0.2) is 22.8 Å². The summed E-state index contributed by atoms with van der Waals surface area (Å²) in [6.45, 7) is 2.15. The fourth-order valence-electron chi connectivity index (χ4n) is 1.49. The van der Waals surface area contributed by atoms with E-state index in [1.807, 2.05) is 12.1 Å². The summed E-state index contributed by atoms with van der Waals surface area (Å²) in [4.78, 5) is 0. The highest BCUT2D eigenvalue weighted by Crippen LogP contribution is 2.14. The first kappa shape index (κ1) is 12.1. The summed E-state index contributed by atoms with van der Waals surface area (Å²) in [5.74, 6) is 0.993. The molecule has 0 aliphatic heterocycles. The van der Waals surface area contributed by atoms with E-state index in [-0.39, 0.29) is 5.82 Å². The number of aryl methyl sites for hydroxylation is 1. The van der Waals surface area contributed by atoms with Crippen molar-refractivity contribution in [3.63, 3.8) is 0 Å². The molecular formula is C11H11N5OS. The second-order valence-electron chi connectivity index (χ2n) is 3.61. The topological polar surface area (TPSA) is 92.8 Å². The maximum Gasteiger partial charge on any atom is 0.196 e. The first-order chi connectivity index (χ1) is 8.63. The molecule has 7 heteroatoms. The Morgan fingerprint density at radius 3 is 3.06 bits per heavy atom. The number of aromatic nitrogens is 2. The zero-order valence-electron chi connectivity index (χ0n) is 9.67. The van der Waals surface area contributed by atoms with Crippen molar-refractivity contribution in [1.29, 1.82) is 5.26 Å². The summed E-state index contributed by atoms with van der Waals surface area (Å²) in [7, 11) is 0. The van der Waals surface area contributed by atoms with Gasteiger partial charge in [0.15, 0.2) is 5.11 Å². The van der Waals surface area contributed by atoms with Crippen LogP contribution in [0.25, 0.3) is 0 Å². The first-order valence-electron chi connectivity index (χ1n) is 5.19. The summed E-state index contributed by atoms with van der Waals surface area (Å²) in [5, 5.41) is 16.3. The van der Waals surface area contributed by atoms with Gasteiger partial charge in [0.05, 0.1) is 18.5 Å². The number of hydrogen-bond donors (Lipinski definition) is 2. The summed E-state index contributed by atoms with van der Waals surface area (Å²) in [6.07, 6.45) is 1.58. The molecule has 2 heterocycles. The summed E-state index contributed by atoms with van der Waals surface area (Å²) in [6, 6.07) is 5.61. The lowest BCUT2D eigenvalue weighted by Crippen LogP contribution is -2.29. The zero-order valence-corrected chi connectivity index (χ0v) is 10.5. The van der Waals surface area contributed by atoms with Gasteiger partial charge in [0.2, 0.25) is 0 Å². The number of anilines is 1. The van der Waals surface area contributed by atoms with Crippen LogP contribution in [-0.2, 0) is 6.54 Å². The lowest BCUT2D eigenvalue weighted by molar-refractivity contribution is 0.502. The lowest BCUT2D eigenvalue weighted by atomic mass is 10.3. The number of rotatable bonds is 2. The van der Waals surface area contributed by atoms with Crippen LogP contribution in [-0.4, -0.2) is 14.9 Å². The van der Waals surface area contributed by atoms with E-state index in [1.165, 1.54) is 4.68 Å². The largest absolute Gasteiger partial charge is 0.467 e. The molecule has 0 fully saturated rings. The SMILES string of the molecule is Cc1nn(C(=S)NCc2ccco2)c(N)c1C#N. The van der Waals surface area contributed by atoms with Gasteiger partial charge in [-0.25, -0.2) is 0 Å². The normalized spacial score (nSPS) is 10.0. The number of nitrogens with one attached hydrogen (secondary N) is 1. The number of nitrogens with two attached hydrogens (primary N) is 1. The van der Waals surface area contributed by atoms with Crippen LogP contribution in [0.5, 0.6) is 0 Å². The Labute approximate surface area is 109 Å². The molecule has 0 bridgehead atoms. The van der Waals surface area contributed by atoms with E-state index in [1.54, 1.807) is 19.3 Å². The Morgan fingerprint density at radius 2 is 2.50 bits per heavy atom. The van der Waals surface area contributed by atoms with Crippen LogP contribution in [0.1, 0.15) is 17.0 Å². The van der Waals surface area contributed by atoms with Crippen molar-refractivity contribution >= 4 is 23.1 Å². The van der Waals surface area contributed by atoms with Gasteiger partial charge in [-0.05, 0) is 31.3 Å². The van der Waals surface area contributed by atoms with Gasteiger partial charge < -0.3 is 15.5 Å². The highest BCUT2D eigenvalue weighted by molar-refractivity contribution is 7.80. The van der Waals surface area contributed by atoms with Crippen molar-refractivity contribution in [3.8, 4) is 6.07 Å². The summed E-state index contributed by atoms with van der Waals surface area (Å²) < 4.78 is 6.50. The molecule has 0 aromatic carbocycles. The number of hydrogen-bond acceptors (Lipinski definition) is 5. The van der Waals surface area contributed by atoms with Gasteiger partial charge in [-0.1, -0.05) is 0 Å². The van der Waals surface area contributed by atoms with Gasteiger partial charge in [-0.15, -0.1) is 0 Å². The van der Waals surface area contributed by atoms with E-state index in [4.69, 9.17) is 27.6 Å². The molecule has 0 aliphatic carbocycles. The molecule has 0 radical (unpaired) electrons. The Hall–Kier alpha value is -2.33. The third kappa shape index (κ3) is 2.19. The van der Waals surface area contributed by atoms with Crippen molar-refractivity contribution in [2.24, 2.45) is 0 Å². The number of nitriles is 1. The van der Waals surface area contributed by atoms with E-state index in [0.29, 0.717) is 22.9 Å². The highest BCUT2D eigenvalue weighted by atomic mass is 32.1. The molecule has 0 saturated heterocycles. The fraction of sp³-hybridized carbons (Fsp3) is 0.182. The minimum Gasteiger partial charge on any atom is -0.467 e. The monoisotopic (exact) mass is 261 g/mol. The van der Waals surface area contributed by atoms with E-state index < -0.39 is 0 Å². The average Bonchev–Trinajstić information content (AvgIpc) is 2.95. The third-order valence-corrected chi connectivity index (χ3v) is 2.71. The van der Waals surface area contributed by atoms with E-state index in [0.717, 1.165) is 5.76 Å². The van der Waals surface area contributed by atoms with E-state index in [9.17, 15) is 0 Å². The smallest absolute Gasteiger partial charge is 0.196 e. The van der Waals surface area contributed by atoms with Crippen LogP contribution in [0, 0.1) is 18.3 Å². The van der Waals surface area contributed by atoms with Gasteiger partial charge in [-0.2, -0.15) is 15.0 Å². The average molecular weight is 261 g/mol. The maximum atomic E-state index is 8.91. The number of furan rings is 1. The Balaban J connectivity index is 2.12. The van der Waals surface area contributed by atoms with Gasteiger partial charge in [-0.3, -0.25) is 0 Å². The molecule has 2 rings (SSSR count). The molecule has 0 atom stereocenters. The van der Waals surface area contributed by atoms with E-state index >= 15 is 0 Å². The molecule has 0 saturated carbocycles. The van der Waals surface area contributed by atoms with Crippen LogP contribution >= 0.6 is 12.2 Å². The lowest BCUT2D eigenvalue weighted by Gasteiger charge is -2.07. The van der Waals surface area contributed by atoms with Crippen LogP contribution in [0.2, 0.25) is 0 Å². The van der Waals surface area contributed by atoms with Crippen molar-refractivity contribution in [2.45, 2.75) is 13.5 Å². The minimum atomic E-state index is 0.243. The Morgan fingerprint density at radius 1 is 1.72 bits per heavy atom. The number of nitrogens with zero attached hydrogens (tertiary/aromatic N) is 3. The first-order valence-corrected chi connectivity index (χ1v) is 5.60. The molecule has 3 N–H and O–H groups in total. The quantitative estimate of drug-likeness (QED) is 0.788. The third-order valence-electron chi connectivity index (χ3n) is 2.39. The highest BCUT2D eigenvalue weighted by Gasteiger charge is 2.14. The van der Waals surface area contributed by atoms with Crippen LogP contribution in [0.4, 0.5) is 5.82 Å². The minimum absolute atomic E-state index is 0.243. The predicted molar refractivity (Wildman–Crippen MR) is 69.6 cm³/mol. The molecule has 6 nitrogen and oxygen atoms in total. The molecular weight excluding hydrogens is 250 g/mol. The van der Waals surface area contributed by atoms with Gasteiger partial charge in [0.1, 0.15) is 23.2 Å². The second-order valence-corrected chi connectivity index (χ2v) is 3.99. The van der Waals surface area contributed by atoms with Gasteiger partial charge >= 0.3 is 0 Å². The molecule has 18 heavy (non-hydrogen) atoms. The van der Waals surface area contributed by atoms with Crippen molar-refractivity contribution < 1.29 is 4.42 Å². The number of nitrogen functional groups attached to an aromatic ring is 1. The number of thiocarbonyl (C=S) groups is 1. The van der Waals surface area contributed by atoms with Gasteiger partial charge in [0.25, 0.3) is 0 Å². The maximum absolute atomic E-state index is 8.91. The molecule has 0 amide bonds. The predicted octanol–water partition coefficient (Wildman–Crippen LogP) is 1.16. The Bertz CT molecular complexity index is 608. The fourth-order valence-corrected chi connectivity index (χ4v) is 1.70. The van der Waals surface area contributed by atoms with Gasteiger partial charge in [0, 0.05) is 0 Å². The molecule has 2 aromatic rings. The van der Waals surface area contributed by atoms with Crippen LogP contribution < -0.4 is 11.1 Å². The van der Waals surface area contributed by atoms with Crippen LogP contribution in [0.3, 0.4) is 0 Å². The standard InChI is InChI=1S/C11H11N5OS/c1-7-9(5-12)10(13)16(15-7)11(18)14-6-8-3-2-4-17-8/h2-4H,6,13H2,1H3,(H,14,18). The molecule has 2 aromatic heterocycles. The second kappa shape index (κ2) is 4.89. The molecule has 92 valence electrons. The summed E-state index contributed by atoms with van der Waals surface area (Å²) >= 11 is 5.16. The Kier molecular flexibility index (Phi) is 3.30. The molecule has 0 spiro atoms. The van der Waals surface area contributed by atoms with E-state index in [2.05, 4.69) is 10.4 Å².